The molecule has 0 saturated heterocycles. The van der Waals surface area contributed by atoms with Crippen molar-refractivity contribution >= 4 is 23.2 Å². The fourth-order valence-electron chi connectivity index (χ4n) is 1.64. The van der Waals surface area contributed by atoms with Gasteiger partial charge in [-0.15, -0.1) is 0 Å². The first kappa shape index (κ1) is 14.3. The van der Waals surface area contributed by atoms with Crippen molar-refractivity contribution < 1.29 is 9.18 Å². The molecule has 1 aromatic heterocycles. The van der Waals surface area contributed by atoms with E-state index in [-0.39, 0.29) is 5.56 Å². The molecule has 0 unspecified atom stereocenters. The predicted octanol–water partition coefficient (Wildman–Crippen LogP) is 2.72. The summed E-state index contributed by atoms with van der Waals surface area (Å²) in [5.41, 5.74) is 0.851. The van der Waals surface area contributed by atoms with E-state index < -0.39 is 11.7 Å². The topological polar surface area (TPSA) is 54.0 Å². The summed E-state index contributed by atoms with van der Waals surface area (Å²) < 4.78 is 13.4. The van der Waals surface area contributed by atoms with Crippen molar-refractivity contribution in [3.05, 3.63) is 59.1 Å². The van der Waals surface area contributed by atoms with Crippen molar-refractivity contribution in [3.63, 3.8) is 0 Å². The van der Waals surface area contributed by atoms with Gasteiger partial charge in [0.1, 0.15) is 11.0 Å². The van der Waals surface area contributed by atoms with Crippen LogP contribution < -0.4 is 10.6 Å². The number of rotatable bonds is 5. The SMILES string of the molecule is O=C(NCCNc1ccnc(Cl)c1)c1ccccc1F. The highest BCUT2D eigenvalue weighted by molar-refractivity contribution is 6.29. The molecule has 2 aromatic rings. The molecule has 0 bridgehead atoms. The van der Waals surface area contributed by atoms with E-state index >= 15 is 0 Å². The van der Waals surface area contributed by atoms with Crippen LogP contribution in [-0.4, -0.2) is 24.0 Å². The minimum Gasteiger partial charge on any atom is -0.383 e. The summed E-state index contributed by atoms with van der Waals surface area (Å²) in [5.74, 6) is -0.962. The number of carbonyl (C=O) groups is 1. The molecular weight excluding hydrogens is 281 g/mol. The summed E-state index contributed by atoms with van der Waals surface area (Å²) in [6.07, 6.45) is 1.59. The fourth-order valence-corrected chi connectivity index (χ4v) is 1.81. The zero-order valence-electron chi connectivity index (χ0n) is 10.6. The Morgan fingerprint density at radius 1 is 1.25 bits per heavy atom. The van der Waals surface area contributed by atoms with Gasteiger partial charge < -0.3 is 10.6 Å². The lowest BCUT2D eigenvalue weighted by Gasteiger charge is -2.08. The average molecular weight is 294 g/mol. The molecule has 6 heteroatoms. The van der Waals surface area contributed by atoms with Gasteiger partial charge in [-0.05, 0) is 24.3 Å². The van der Waals surface area contributed by atoms with Gasteiger partial charge in [0, 0.05) is 25.0 Å². The van der Waals surface area contributed by atoms with E-state index in [9.17, 15) is 9.18 Å². The predicted molar refractivity (Wildman–Crippen MR) is 76.5 cm³/mol. The minimum absolute atomic E-state index is 0.0412. The zero-order chi connectivity index (χ0) is 14.4. The maximum atomic E-state index is 13.4. The molecule has 0 spiro atoms. The molecule has 0 saturated carbocycles. The van der Waals surface area contributed by atoms with Crippen molar-refractivity contribution in [2.45, 2.75) is 0 Å². The van der Waals surface area contributed by atoms with Gasteiger partial charge in [-0.25, -0.2) is 9.37 Å². The Bertz CT molecular complexity index is 606. The van der Waals surface area contributed by atoms with E-state index in [0.29, 0.717) is 18.2 Å². The Balaban J connectivity index is 1.79. The van der Waals surface area contributed by atoms with Crippen LogP contribution in [0.1, 0.15) is 10.4 Å². The van der Waals surface area contributed by atoms with Crippen molar-refractivity contribution in [2.75, 3.05) is 18.4 Å². The Hall–Kier alpha value is -2.14. The van der Waals surface area contributed by atoms with Gasteiger partial charge in [0.25, 0.3) is 5.91 Å². The summed E-state index contributed by atoms with van der Waals surface area (Å²) in [6.45, 7) is 0.869. The summed E-state index contributed by atoms with van der Waals surface area (Å²) in [5, 5.41) is 6.10. The molecule has 0 aliphatic heterocycles. The number of nitrogens with zero attached hydrogens (tertiary/aromatic N) is 1. The van der Waals surface area contributed by atoms with Crippen LogP contribution in [0, 0.1) is 5.82 Å². The fraction of sp³-hybridized carbons (Fsp3) is 0.143. The number of aromatic nitrogens is 1. The molecule has 2 rings (SSSR count). The highest BCUT2D eigenvalue weighted by Gasteiger charge is 2.09. The van der Waals surface area contributed by atoms with Crippen LogP contribution in [0.4, 0.5) is 10.1 Å². The first-order valence-electron chi connectivity index (χ1n) is 6.05. The number of carbonyl (C=O) groups excluding carboxylic acids is 1. The quantitative estimate of drug-likeness (QED) is 0.658. The maximum Gasteiger partial charge on any atom is 0.254 e. The van der Waals surface area contributed by atoms with E-state index in [4.69, 9.17) is 11.6 Å². The van der Waals surface area contributed by atoms with Crippen LogP contribution in [0.5, 0.6) is 0 Å². The molecule has 4 nitrogen and oxygen atoms in total. The molecule has 20 heavy (non-hydrogen) atoms. The van der Waals surface area contributed by atoms with E-state index in [0.717, 1.165) is 5.69 Å². The van der Waals surface area contributed by atoms with Crippen molar-refractivity contribution in [3.8, 4) is 0 Å². The van der Waals surface area contributed by atoms with Crippen LogP contribution >= 0.6 is 11.6 Å². The number of nitrogens with one attached hydrogen (secondary N) is 2. The number of anilines is 1. The number of hydrogen-bond acceptors (Lipinski definition) is 3. The summed E-state index contributed by atoms with van der Waals surface area (Å²) in [6, 6.07) is 9.31. The first-order chi connectivity index (χ1) is 9.66. The Labute approximate surface area is 121 Å². The number of benzene rings is 1. The molecule has 1 heterocycles. The van der Waals surface area contributed by atoms with Gasteiger partial charge in [0.05, 0.1) is 5.56 Å². The van der Waals surface area contributed by atoms with Crippen LogP contribution in [0.3, 0.4) is 0 Å². The molecule has 0 atom stereocenters. The normalized spacial score (nSPS) is 10.1. The van der Waals surface area contributed by atoms with E-state index in [2.05, 4.69) is 15.6 Å². The largest absolute Gasteiger partial charge is 0.383 e. The Morgan fingerprint density at radius 3 is 2.80 bits per heavy atom. The molecule has 0 aliphatic carbocycles. The van der Waals surface area contributed by atoms with Crippen LogP contribution in [0.15, 0.2) is 42.6 Å². The highest BCUT2D eigenvalue weighted by Crippen LogP contribution is 2.11. The zero-order valence-corrected chi connectivity index (χ0v) is 11.3. The van der Waals surface area contributed by atoms with E-state index in [1.807, 2.05) is 0 Å². The summed E-state index contributed by atoms with van der Waals surface area (Å²) in [7, 11) is 0. The second kappa shape index (κ2) is 6.86. The van der Waals surface area contributed by atoms with Gasteiger partial charge in [-0.1, -0.05) is 23.7 Å². The number of amides is 1. The van der Waals surface area contributed by atoms with Gasteiger partial charge >= 0.3 is 0 Å². The highest BCUT2D eigenvalue weighted by atomic mass is 35.5. The Kier molecular flexibility index (Phi) is 4.90. The molecule has 1 amide bonds. The number of pyridine rings is 1. The maximum absolute atomic E-state index is 13.4. The first-order valence-corrected chi connectivity index (χ1v) is 6.43. The summed E-state index contributed by atoms with van der Waals surface area (Å²) in [4.78, 5) is 15.6. The second-order valence-corrected chi connectivity index (χ2v) is 4.42. The van der Waals surface area contributed by atoms with Crippen LogP contribution in [0.25, 0.3) is 0 Å². The molecule has 0 radical (unpaired) electrons. The standard InChI is InChI=1S/C14H13ClFN3O/c15-13-9-10(5-6-18-13)17-7-8-19-14(20)11-3-1-2-4-12(11)16/h1-6,9H,7-8H2,(H,17,18)(H,19,20). The smallest absolute Gasteiger partial charge is 0.254 e. The lowest BCUT2D eigenvalue weighted by molar-refractivity contribution is 0.0951. The summed E-state index contributed by atoms with van der Waals surface area (Å²) >= 11 is 5.74. The number of hydrogen-bond donors (Lipinski definition) is 2. The molecular formula is C14H13ClFN3O. The Morgan fingerprint density at radius 2 is 2.05 bits per heavy atom. The van der Waals surface area contributed by atoms with Gasteiger partial charge in [0.15, 0.2) is 0 Å². The average Bonchev–Trinajstić information content (AvgIpc) is 2.44. The van der Waals surface area contributed by atoms with Gasteiger partial charge in [-0.3, -0.25) is 4.79 Å². The second-order valence-electron chi connectivity index (χ2n) is 4.03. The lowest BCUT2D eigenvalue weighted by Crippen LogP contribution is -2.29. The molecule has 104 valence electrons. The molecule has 2 N–H and O–H groups in total. The third kappa shape index (κ3) is 3.93. The van der Waals surface area contributed by atoms with Crippen molar-refractivity contribution in [1.82, 2.24) is 10.3 Å². The van der Waals surface area contributed by atoms with Gasteiger partial charge in [0.2, 0.25) is 0 Å². The van der Waals surface area contributed by atoms with E-state index in [1.165, 1.54) is 12.1 Å². The minimum atomic E-state index is -0.529. The molecule has 0 aliphatic rings. The third-order valence-corrected chi connectivity index (χ3v) is 2.79. The van der Waals surface area contributed by atoms with Crippen molar-refractivity contribution in [1.29, 1.82) is 0 Å². The molecule has 1 aromatic carbocycles. The number of halogens is 2. The van der Waals surface area contributed by atoms with Gasteiger partial charge in [-0.2, -0.15) is 0 Å². The van der Waals surface area contributed by atoms with E-state index in [1.54, 1.807) is 30.5 Å². The monoisotopic (exact) mass is 293 g/mol. The lowest BCUT2D eigenvalue weighted by atomic mass is 10.2. The molecule has 0 fully saturated rings. The van der Waals surface area contributed by atoms with Crippen LogP contribution in [-0.2, 0) is 0 Å². The third-order valence-electron chi connectivity index (χ3n) is 2.58. The van der Waals surface area contributed by atoms with Crippen molar-refractivity contribution in [2.24, 2.45) is 0 Å². The van der Waals surface area contributed by atoms with Crippen LogP contribution in [0.2, 0.25) is 5.15 Å².